The van der Waals surface area contributed by atoms with Crippen molar-refractivity contribution in [3.8, 4) is 11.5 Å². The second-order valence-electron chi connectivity index (χ2n) is 6.96. The number of aliphatic imine (C=N–C) groups is 1. The van der Waals surface area contributed by atoms with E-state index >= 15 is 0 Å². The molecule has 3 aromatic carbocycles. The summed E-state index contributed by atoms with van der Waals surface area (Å²) in [5.41, 5.74) is 6.52. The summed E-state index contributed by atoms with van der Waals surface area (Å²) in [7, 11) is 0. The van der Waals surface area contributed by atoms with E-state index in [1.807, 2.05) is 42.5 Å². The zero-order valence-corrected chi connectivity index (χ0v) is 16.6. The van der Waals surface area contributed by atoms with Gasteiger partial charge in [-0.1, -0.05) is 12.1 Å². The molecule has 4 aromatic rings. The minimum atomic E-state index is -0.416. The summed E-state index contributed by atoms with van der Waals surface area (Å²) in [6.07, 6.45) is 5.31. The fraction of sp³-hybridized carbons (Fsp3) is 0.0833. The molecule has 0 aliphatic carbocycles. The first kappa shape index (κ1) is 19.3. The molecule has 4 rings (SSSR count). The molecule has 1 heterocycles. The second kappa shape index (κ2) is 8.13. The molecule has 0 N–H and O–H groups in total. The second-order valence-corrected chi connectivity index (χ2v) is 6.96. The van der Waals surface area contributed by atoms with E-state index < -0.39 is 4.92 Å². The molecule has 0 saturated heterocycles. The van der Waals surface area contributed by atoms with Crippen LogP contribution in [0.25, 0.3) is 28.6 Å². The van der Waals surface area contributed by atoms with Crippen molar-refractivity contribution in [3.05, 3.63) is 93.5 Å². The number of hydrogen-bond donors (Lipinski definition) is 0. The van der Waals surface area contributed by atoms with Gasteiger partial charge < -0.3 is 4.42 Å². The van der Waals surface area contributed by atoms with Crippen molar-refractivity contribution < 1.29 is 9.34 Å². The molecule has 6 nitrogen and oxygen atoms in total. The van der Waals surface area contributed by atoms with Crippen LogP contribution in [0.5, 0.6) is 0 Å². The number of non-ortho nitro benzene ring substituents is 1. The number of nitrogens with zero attached hydrogens (tertiary/aromatic N) is 3. The SMILES string of the molecule is Cc1cc2nc(-c3cccc(N=CC=Cc4ccc([N+](=O)[O-])cc4)c3)oc2cc1C. The van der Waals surface area contributed by atoms with Gasteiger partial charge in [-0.15, -0.1) is 0 Å². The summed E-state index contributed by atoms with van der Waals surface area (Å²) in [4.78, 5) is 19.3. The molecule has 1 aromatic heterocycles. The number of aromatic nitrogens is 1. The van der Waals surface area contributed by atoms with Gasteiger partial charge >= 0.3 is 0 Å². The fourth-order valence-electron chi connectivity index (χ4n) is 3.01. The first-order valence-electron chi connectivity index (χ1n) is 9.43. The Bertz CT molecular complexity index is 1250. The van der Waals surface area contributed by atoms with E-state index in [2.05, 4.69) is 23.8 Å². The third-order valence-electron chi connectivity index (χ3n) is 4.80. The summed E-state index contributed by atoms with van der Waals surface area (Å²) in [5.74, 6) is 0.563. The Balaban J connectivity index is 1.51. The number of hydrogen-bond acceptors (Lipinski definition) is 5. The van der Waals surface area contributed by atoms with Crippen molar-refractivity contribution in [2.24, 2.45) is 4.99 Å². The molecular weight excluding hydrogens is 378 g/mol. The Kier molecular flexibility index (Phi) is 5.22. The lowest BCUT2D eigenvalue weighted by Gasteiger charge is -1.97. The predicted octanol–water partition coefficient (Wildman–Crippen LogP) is 6.44. The lowest BCUT2D eigenvalue weighted by Crippen LogP contribution is -1.86. The van der Waals surface area contributed by atoms with Crippen LogP contribution in [0.15, 0.2) is 76.1 Å². The van der Waals surface area contributed by atoms with Crippen LogP contribution in [0, 0.1) is 24.0 Å². The molecule has 0 atom stereocenters. The molecule has 0 aliphatic heterocycles. The highest BCUT2D eigenvalue weighted by atomic mass is 16.6. The Morgan fingerprint density at radius 2 is 1.80 bits per heavy atom. The maximum absolute atomic E-state index is 10.7. The molecule has 6 heteroatoms. The normalized spacial score (nSPS) is 11.7. The molecular formula is C24H19N3O3. The highest BCUT2D eigenvalue weighted by Crippen LogP contribution is 2.28. The zero-order valence-electron chi connectivity index (χ0n) is 16.6. The lowest BCUT2D eigenvalue weighted by molar-refractivity contribution is -0.384. The molecule has 0 aliphatic rings. The zero-order chi connectivity index (χ0) is 21.1. The first-order valence-corrected chi connectivity index (χ1v) is 9.43. The van der Waals surface area contributed by atoms with Gasteiger partial charge in [0.15, 0.2) is 5.58 Å². The quantitative estimate of drug-likeness (QED) is 0.220. The Labute approximate surface area is 173 Å². The molecule has 0 radical (unpaired) electrons. The van der Waals surface area contributed by atoms with Crippen LogP contribution in [0.3, 0.4) is 0 Å². The first-order chi connectivity index (χ1) is 14.5. The van der Waals surface area contributed by atoms with Gasteiger partial charge in [-0.05, 0) is 79.1 Å². The standard InChI is InChI=1S/C24H19N3O3/c1-16-13-22-23(14-17(16)2)30-24(26-22)19-6-3-7-20(15-19)25-12-4-5-18-8-10-21(11-9-18)27(28)29/h3-15H,1-2H3. The number of aryl methyl sites for hydroxylation is 2. The fourth-order valence-corrected chi connectivity index (χ4v) is 3.01. The number of fused-ring (bicyclic) bond motifs is 1. The van der Waals surface area contributed by atoms with E-state index in [0.29, 0.717) is 5.89 Å². The van der Waals surface area contributed by atoms with Crippen molar-refractivity contribution in [1.29, 1.82) is 0 Å². The molecule has 30 heavy (non-hydrogen) atoms. The van der Waals surface area contributed by atoms with Crippen LogP contribution < -0.4 is 0 Å². The number of allylic oxidation sites excluding steroid dienone is 1. The van der Waals surface area contributed by atoms with Crippen LogP contribution in [0.2, 0.25) is 0 Å². The summed E-state index contributed by atoms with van der Waals surface area (Å²) in [5, 5.41) is 10.7. The van der Waals surface area contributed by atoms with Crippen molar-refractivity contribution in [1.82, 2.24) is 4.98 Å². The molecule has 0 amide bonds. The van der Waals surface area contributed by atoms with Crippen LogP contribution >= 0.6 is 0 Å². The molecule has 0 fully saturated rings. The number of rotatable bonds is 5. The van der Waals surface area contributed by atoms with Crippen molar-refractivity contribution in [2.45, 2.75) is 13.8 Å². The van der Waals surface area contributed by atoms with Gasteiger partial charge in [0.25, 0.3) is 5.69 Å². The molecule has 0 saturated carbocycles. The van der Waals surface area contributed by atoms with E-state index in [-0.39, 0.29) is 5.69 Å². The minimum Gasteiger partial charge on any atom is -0.436 e. The molecule has 0 unspecified atom stereocenters. The van der Waals surface area contributed by atoms with Gasteiger partial charge in [0.1, 0.15) is 5.52 Å². The van der Waals surface area contributed by atoms with Gasteiger partial charge in [0.05, 0.1) is 10.6 Å². The number of nitro groups is 1. The van der Waals surface area contributed by atoms with Crippen molar-refractivity contribution in [3.63, 3.8) is 0 Å². The highest BCUT2D eigenvalue weighted by molar-refractivity contribution is 5.81. The van der Waals surface area contributed by atoms with E-state index in [1.165, 1.54) is 23.3 Å². The Hall–Kier alpha value is -4.06. The lowest BCUT2D eigenvalue weighted by atomic mass is 10.1. The monoisotopic (exact) mass is 397 g/mol. The highest BCUT2D eigenvalue weighted by Gasteiger charge is 2.10. The Morgan fingerprint density at radius 3 is 2.57 bits per heavy atom. The summed E-state index contributed by atoms with van der Waals surface area (Å²) < 4.78 is 5.93. The summed E-state index contributed by atoms with van der Waals surface area (Å²) in [6.45, 7) is 4.11. The average molecular weight is 397 g/mol. The van der Waals surface area contributed by atoms with E-state index in [9.17, 15) is 10.1 Å². The van der Waals surface area contributed by atoms with Crippen LogP contribution in [0.4, 0.5) is 11.4 Å². The maximum Gasteiger partial charge on any atom is 0.269 e. The van der Waals surface area contributed by atoms with Gasteiger partial charge in [-0.2, -0.15) is 0 Å². The Morgan fingerprint density at radius 1 is 1.03 bits per heavy atom. The van der Waals surface area contributed by atoms with Gasteiger partial charge in [-0.25, -0.2) is 4.98 Å². The molecule has 148 valence electrons. The summed E-state index contributed by atoms with van der Waals surface area (Å²) in [6, 6.07) is 18.0. The molecule has 0 spiro atoms. The smallest absolute Gasteiger partial charge is 0.269 e. The van der Waals surface area contributed by atoms with Gasteiger partial charge in [0, 0.05) is 23.9 Å². The predicted molar refractivity (Wildman–Crippen MR) is 119 cm³/mol. The van der Waals surface area contributed by atoms with E-state index in [1.54, 1.807) is 24.4 Å². The number of nitro benzene ring substituents is 1. The average Bonchev–Trinajstić information content (AvgIpc) is 3.15. The minimum absolute atomic E-state index is 0.0714. The number of benzene rings is 3. The number of oxazole rings is 1. The van der Waals surface area contributed by atoms with Crippen LogP contribution in [0.1, 0.15) is 16.7 Å². The molecule has 0 bridgehead atoms. The largest absolute Gasteiger partial charge is 0.436 e. The van der Waals surface area contributed by atoms with E-state index in [0.717, 1.165) is 27.9 Å². The van der Waals surface area contributed by atoms with Gasteiger partial charge in [0.2, 0.25) is 5.89 Å². The van der Waals surface area contributed by atoms with Crippen LogP contribution in [-0.4, -0.2) is 16.1 Å². The topological polar surface area (TPSA) is 81.5 Å². The third kappa shape index (κ3) is 4.17. The maximum atomic E-state index is 10.7. The third-order valence-corrected chi connectivity index (χ3v) is 4.80. The van der Waals surface area contributed by atoms with E-state index in [4.69, 9.17) is 4.42 Å². The van der Waals surface area contributed by atoms with Gasteiger partial charge in [-0.3, -0.25) is 15.1 Å². The summed E-state index contributed by atoms with van der Waals surface area (Å²) >= 11 is 0. The van der Waals surface area contributed by atoms with Crippen LogP contribution in [-0.2, 0) is 0 Å². The van der Waals surface area contributed by atoms with Crippen molar-refractivity contribution in [2.75, 3.05) is 0 Å². The van der Waals surface area contributed by atoms with Crippen molar-refractivity contribution >= 4 is 34.8 Å².